The second-order valence-corrected chi connectivity index (χ2v) is 14.9. The largest absolute Gasteiger partial charge is 0.455 e. The fourth-order valence-corrected chi connectivity index (χ4v) is 8.40. The first-order chi connectivity index (χ1) is 29.7. The summed E-state index contributed by atoms with van der Waals surface area (Å²) in [7, 11) is 0. The summed E-state index contributed by atoms with van der Waals surface area (Å²) in [6, 6.07) is 78.4. The quantitative estimate of drug-likeness (QED) is 0.154. The molecule has 1 aromatic heterocycles. The Balaban J connectivity index is 0.972. The van der Waals surface area contributed by atoms with Crippen molar-refractivity contribution in [3.05, 3.63) is 224 Å². The van der Waals surface area contributed by atoms with Crippen LogP contribution in [-0.4, -0.2) is 9.97 Å². The molecule has 4 nitrogen and oxygen atoms in total. The van der Waals surface area contributed by atoms with Crippen LogP contribution in [0, 0.1) is 0 Å². The first-order valence-electron chi connectivity index (χ1n) is 20.2. The van der Waals surface area contributed by atoms with Crippen molar-refractivity contribution in [2.45, 2.75) is 0 Å². The first kappa shape index (κ1) is 35.1. The maximum atomic E-state index is 6.92. The van der Waals surface area contributed by atoms with Crippen molar-refractivity contribution in [2.24, 2.45) is 0 Å². The van der Waals surface area contributed by atoms with Gasteiger partial charge >= 0.3 is 0 Å². The average Bonchev–Trinajstić information content (AvgIpc) is 3.33. The van der Waals surface area contributed by atoms with Crippen molar-refractivity contribution in [3.8, 4) is 78.8 Å². The Morgan fingerprint density at radius 2 is 0.817 bits per heavy atom. The first-order valence-corrected chi connectivity index (χ1v) is 20.2. The number of anilines is 3. The van der Waals surface area contributed by atoms with E-state index in [1.165, 1.54) is 11.1 Å². The van der Waals surface area contributed by atoms with Crippen molar-refractivity contribution in [1.29, 1.82) is 0 Å². The number of aromatic nitrogens is 2. The van der Waals surface area contributed by atoms with Crippen molar-refractivity contribution in [1.82, 2.24) is 9.97 Å². The molecule has 0 N–H and O–H groups in total. The van der Waals surface area contributed by atoms with Crippen molar-refractivity contribution < 1.29 is 4.74 Å². The lowest BCUT2D eigenvalue weighted by Gasteiger charge is -2.26. The lowest BCUT2D eigenvalue weighted by molar-refractivity contribution is 0.489. The normalized spacial score (nSPS) is 11.5. The van der Waals surface area contributed by atoms with Gasteiger partial charge in [0, 0.05) is 50.3 Å². The molecule has 9 aromatic carbocycles. The molecule has 0 atom stereocenters. The summed E-state index contributed by atoms with van der Waals surface area (Å²) in [5.74, 6) is 2.34. The number of ether oxygens (including phenoxy) is 1. The molecular formula is C56H37N3O. The molecule has 282 valence electrons. The molecule has 1 aliphatic heterocycles. The van der Waals surface area contributed by atoms with Crippen LogP contribution >= 0.6 is 0 Å². The lowest BCUT2D eigenvalue weighted by Crippen LogP contribution is -2.09. The van der Waals surface area contributed by atoms with E-state index in [-0.39, 0.29) is 0 Å². The van der Waals surface area contributed by atoms with E-state index in [2.05, 4.69) is 193 Å². The Kier molecular flexibility index (Phi) is 8.79. The van der Waals surface area contributed by atoms with E-state index in [1.807, 2.05) is 36.4 Å². The molecule has 11 rings (SSSR count). The van der Waals surface area contributed by atoms with Gasteiger partial charge in [0.15, 0.2) is 5.82 Å². The maximum absolute atomic E-state index is 6.92. The third kappa shape index (κ3) is 6.37. The molecule has 60 heavy (non-hydrogen) atoms. The summed E-state index contributed by atoms with van der Waals surface area (Å²) in [5, 5.41) is 2.11. The molecule has 0 unspecified atom stereocenters. The topological polar surface area (TPSA) is 38.2 Å². The molecule has 0 radical (unpaired) electrons. The predicted molar refractivity (Wildman–Crippen MR) is 247 cm³/mol. The van der Waals surface area contributed by atoms with Gasteiger partial charge in [0.05, 0.1) is 11.4 Å². The van der Waals surface area contributed by atoms with Crippen molar-refractivity contribution in [3.63, 3.8) is 0 Å². The van der Waals surface area contributed by atoms with Crippen LogP contribution in [0.15, 0.2) is 224 Å². The Morgan fingerprint density at radius 3 is 1.43 bits per heavy atom. The summed E-state index contributed by atoms with van der Waals surface area (Å²) in [5.41, 5.74) is 14.7. The van der Waals surface area contributed by atoms with E-state index >= 15 is 0 Å². The molecule has 2 heterocycles. The highest BCUT2D eigenvalue weighted by atomic mass is 16.5. The van der Waals surface area contributed by atoms with Crippen LogP contribution < -0.4 is 9.64 Å². The molecule has 4 heteroatoms. The molecule has 10 aromatic rings. The highest BCUT2D eigenvalue weighted by Gasteiger charge is 2.25. The summed E-state index contributed by atoms with van der Waals surface area (Å²) in [6.45, 7) is 0. The summed E-state index contributed by atoms with van der Waals surface area (Å²) >= 11 is 0. The fourth-order valence-electron chi connectivity index (χ4n) is 8.40. The smallest absolute Gasteiger partial charge is 0.161 e. The number of nitrogens with zero attached hydrogens (tertiary/aromatic N) is 3. The number of hydrogen-bond donors (Lipinski definition) is 0. The minimum atomic E-state index is 0.676. The summed E-state index contributed by atoms with van der Waals surface area (Å²) in [4.78, 5) is 12.6. The number of hydrogen-bond acceptors (Lipinski definition) is 4. The maximum Gasteiger partial charge on any atom is 0.161 e. The number of benzene rings is 9. The molecule has 1 aliphatic rings. The Hall–Kier alpha value is -8.08. The standard InChI is InChI=1S/C56H37N3O/c1-5-15-38(16-6-1)39-27-31-44(32-28-39)59(43-21-11-4-12-22-43)45-33-29-40(30-34-45)46-23-13-26-49-47-24-14-25-48-50(35-36-53(54(47)48)60-55(46)49)56-57-51(41-17-7-2-8-18-41)37-52(58-56)42-19-9-3-10-20-42/h1-37H. The van der Waals surface area contributed by atoms with Crippen LogP contribution in [0.3, 0.4) is 0 Å². The summed E-state index contributed by atoms with van der Waals surface area (Å²) < 4.78 is 6.92. The van der Waals surface area contributed by atoms with Gasteiger partial charge in [-0.05, 0) is 82.2 Å². The second kappa shape index (κ2) is 15.0. The minimum absolute atomic E-state index is 0.676. The molecule has 0 saturated carbocycles. The Morgan fingerprint density at radius 1 is 0.333 bits per heavy atom. The van der Waals surface area contributed by atoms with E-state index in [4.69, 9.17) is 14.7 Å². The Labute approximate surface area is 349 Å². The van der Waals surface area contributed by atoms with Gasteiger partial charge in [-0.1, -0.05) is 170 Å². The van der Waals surface area contributed by atoms with Gasteiger partial charge in [0.1, 0.15) is 11.5 Å². The van der Waals surface area contributed by atoms with Crippen molar-refractivity contribution in [2.75, 3.05) is 4.90 Å². The van der Waals surface area contributed by atoms with Gasteiger partial charge < -0.3 is 9.64 Å². The van der Waals surface area contributed by atoms with Gasteiger partial charge in [-0.25, -0.2) is 9.97 Å². The lowest BCUT2D eigenvalue weighted by atomic mass is 9.90. The number of fused-ring (bicyclic) bond motifs is 2. The monoisotopic (exact) mass is 767 g/mol. The molecule has 0 aliphatic carbocycles. The van der Waals surface area contributed by atoms with Gasteiger partial charge in [0.2, 0.25) is 0 Å². The minimum Gasteiger partial charge on any atom is -0.455 e. The highest BCUT2D eigenvalue weighted by Crippen LogP contribution is 2.52. The third-order valence-electron chi connectivity index (χ3n) is 11.3. The zero-order chi connectivity index (χ0) is 39.8. The molecule has 0 saturated heterocycles. The fraction of sp³-hybridized carbons (Fsp3) is 0. The summed E-state index contributed by atoms with van der Waals surface area (Å²) in [6.07, 6.45) is 0. The van der Waals surface area contributed by atoms with E-state index < -0.39 is 0 Å². The third-order valence-corrected chi connectivity index (χ3v) is 11.3. The van der Waals surface area contributed by atoms with Crippen LogP contribution in [0.2, 0.25) is 0 Å². The van der Waals surface area contributed by atoms with Crippen LogP contribution in [0.25, 0.3) is 78.1 Å². The SMILES string of the molecule is c1ccc(-c2ccc(N(c3ccccc3)c3ccc(-c4cccc5c4Oc4ccc(-c6nc(-c7ccccc7)cc(-c7ccccc7)n6)c6cccc-5c46)cc3)cc2)cc1. The van der Waals surface area contributed by atoms with E-state index in [9.17, 15) is 0 Å². The molecule has 0 fully saturated rings. The molecule has 0 spiro atoms. The zero-order valence-corrected chi connectivity index (χ0v) is 32.6. The van der Waals surface area contributed by atoms with Gasteiger partial charge in [-0.3, -0.25) is 0 Å². The van der Waals surface area contributed by atoms with E-state index in [0.717, 1.165) is 89.7 Å². The van der Waals surface area contributed by atoms with E-state index in [1.54, 1.807) is 0 Å². The molecule has 0 bridgehead atoms. The average molecular weight is 768 g/mol. The van der Waals surface area contributed by atoms with Crippen LogP contribution in [0.4, 0.5) is 17.1 Å². The second-order valence-electron chi connectivity index (χ2n) is 14.9. The van der Waals surface area contributed by atoms with Gasteiger partial charge in [-0.2, -0.15) is 0 Å². The van der Waals surface area contributed by atoms with Gasteiger partial charge in [-0.15, -0.1) is 0 Å². The molecule has 0 amide bonds. The van der Waals surface area contributed by atoms with E-state index in [0.29, 0.717) is 5.82 Å². The predicted octanol–water partition coefficient (Wildman–Crippen LogP) is 15.2. The van der Waals surface area contributed by atoms with Crippen LogP contribution in [0.5, 0.6) is 11.5 Å². The number of rotatable bonds is 8. The zero-order valence-electron chi connectivity index (χ0n) is 32.6. The van der Waals surface area contributed by atoms with Gasteiger partial charge in [0.25, 0.3) is 0 Å². The molecular weight excluding hydrogens is 731 g/mol. The van der Waals surface area contributed by atoms with Crippen molar-refractivity contribution >= 4 is 27.8 Å². The highest BCUT2D eigenvalue weighted by molar-refractivity contribution is 6.10. The number of para-hydroxylation sites is 2. The van der Waals surface area contributed by atoms with Crippen LogP contribution in [0.1, 0.15) is 0 Å². The van der Waals surface area contributed by atoms with Crippen LogP contribution in [-0.2, 0) is 0 Å². The Bertz CT molecular complexity index is 3080.